The highest BCUT2D eigenvalue weighted by Crippen LogP contribution is 2.39. The van der Waals surface area contributed by atoms with Crippen molar-refractivity contribution < 1.29 is 0 Å². The van der Waals surface area contributed by atoms with E-state index in [1.165, 1.54) is 39.1 Å². The molecule has 0 unspecified atom stereocenters. The van der Waals surface area contributed by atoms with E-state index in [9.17, 15) is 0 Å². The Morgan fingerprint density at radius 3 is 2.19 bits per heavy atom. The highest BCUT2D eigenvalue weighted by molar-refractivity contribution is 5.91. The fourth-order valence-electron chi connectivity index (χ4n) is 3.15. The van der Waals surface area contributed by atoms with Gasteiger partial charge < -0.3 is 5.32 Å². The van der Waals surface area contributed by atoms with E-state index < -0.39 is 0 Å². The number of hydrogen-bond donors (Lipinski definition) is 1. The third kappa shape index (κ3) is 2.02. The van der Waals surface area contributed by atoms with Gasteiger partial charge in [0.2, 0.25) is 0 Å². The number of benzene rings is 3. The molecule has 1 heterocycles. The predicted molar refractivity (Wildman–Crippen MR) is 89.4 cm³/mol. The quantitative estimate of drug-likeness (QED) is 0.588. The molecule has 3 aromatic rings. The van der Waals surface area contributed by atoms with Crippen LogP contribution < -0.4 is 5.32 Å². The van der Waals surface area contributed by atoms with Crippen molar-refractivity contribution in [3.05, 3.63) is 77.9 Å². The molecule has 1 heteroatoms. The van der Waals surface area contributed by atoms with Gasteiger partial charge in [0.1, 0.15) is 0 Å². The van der Waals surface area contributed by atoms with E-state index in [1.807, 2.05) is 0 Å². The van der Waals surface area contributed by atoms with Crippen molar-refractivity contribution in [1.82, 2.24) is 0 Å². The number of anilines is 1. The Hall–Kier alpha value is -2.54. The van der Waals surface area contributed by atoms with E-state index in [-0.39, 0.29) is 0 Å². The second-order valence-corrected chi connectivity index (χ2v) is 5.61. The molecule has 0 saturated heterocycles. The largest absolute Gasteiger partial charge is 0.380 e. The van der Waals surface area contributed by atoms with Gasteiger partial charge in [-0.05, 0) is 35.2 Å². The van der Waals surface area contributed by atoms with Crippen LogP contribution in [0.1, 0.15) is 11.1 Å². The first-order valence-corrected chi connectivity index (χ1v) is 7.35. The van der Waals surface area contributed by atoms with E-state index in [1.54, 1.807) is 0 Å². The van der Waals surface area contributed by atoms with Crippen LogP contribution >= 0.6 is 0 Å². The summed E-state index contributed by atoms with van der Waals surface area (Å²) in [5.41, 5.74) is 9.10. The normalized spacial score (nSPS) is 12.2. The molecule has 3 aromatic carbocycles. The maximum atomic E-state index is 3.59. The SMILES string of the molecule is Cc1ccc2c(c1)CNc1ccccc1-c1ccccc1-2. The fraction of sp³-hybridized carbons (Fsp3) is 0.100. The lowest BCUT2D eigenvalue weighted by atomic mass is 9.89. The number of rotatable bonds is 0. The molecule has 0 saturated carbocycles. The maximum absolute atomic E-state index is 3.59. The highest BCUT2D eigenvalue weighted by atomic mass is 14.9. The van der Waals surface area contributed by atoms with Crippen LogP contribution in [0.15, 0.2) is 66.7 Å². The van der Waals surface area contributed by atoms with Crippen molar-refractivity contribution in [3.63, 3.8) is 0 Å². The van der Waals surface area contributed by atoms with Crippen molar-refractivity contribution in [2.24, 2.45) is 0 Å². The molecule has 4 rings (SSSR count). The van der Waals surface area contributed by atoms with Crippen molar-refractivity contribution in [2.45, 2.75) is 13.5 Å². The molecule has 0 amide bonds. The number of fused-ring (bicyclic) bond motifs is 5. The number of para-hydroxylation sites is 1. The Kier molecular flexibility index (Phi) is 2.78. The summed E-state index contributed by atoms with van der Waals surface area (Å²) in [7, 11) is 0. The Bertz CT molecular complexity index is 818. The average molecular weight is 271 g/mol. The van der Waals surface area contributed by atoms with Gasteiger partial charge in [0.15, 0.2) is 0 Å². The lowest BCUT2D eigenvalue weighted by Crippen LogP contribution is -2.06. The van der Waals surface area contributed by atoms with Crippen LogP contribution in [0.3, 0.4) is 0 Å². The third-order valence-corrected chi connectivity index (χ3v) is 4.16. The summed E-state index contributed by atoms with van der Waals surface area (Å²) in [6.45, 7) is 3.02. The van der Waals surface area contributed by atoms with Gasteiger partial charge in [-0.3, -0.25) is 0 Å². The highest BCUT2D eigenvalue weighted by Gasteiger charge is 2.16. The molecule has 0 radical (unpaired) electrons. The first-order valence-electron chi connectivity index (χ1n) is 7.35. The van der Waals surface area contributed by atoms with Gasteiger partial charge in [0.25, 0.3) is 0 Å². The topological polar surface area (TPSA) is 12.0 Å². The van der Waals surface area contributed by atoms with Crippen LogP contribution in [0.4, 0.5) is 5.69 Å². The fourth-order valence-corrected chi connectivity index (χ4v) is 3.15. The molecule has 1 aliphatic heterocycles. The molecule has 0 fully saturated rings. The molecule has 0 atom stereocenters. The summed E-state index contributed by atoms with van der Waals surface area (Å²) in [5, 5.41) is 3.59. The Morgan fingerprint density at radius 2 is 1.38 bits per heavy atom. The minimum atomic E-state index is 0.863. The van der Waals surface area contributed by atoms with E-state index in [0.29, 0.717) is 0 Å². The van der Waals surface area contributed by atoms with Gasteiger partial charge in [-0.2, -0.15) is 0 Å². The molecular weight excluding hydrogens is 254 g/mol. The number of nitrogens with one attached hydrogen (secondary N) is 1. The summed E-state index contributed by atoms with van der Waals surface area (Å²) in [5.74, 6) is 0. The Morgan fingerprint density at radius 1 is 0.714 bits per heavy atom. The van der Waals surface area contributed by atoms with Crippen LogP contribution in [-0.2, 0) is 6.54 Å². The molecule has 0 aromatic heterocycles. The summed E-state index contributed by atoms with van der Waals surface area (Å²) in [6.07, 6.45) is 0. The standard InChI is InChI=1S/C20H17N/c1-14-10-11-16-15(12-14)13-21-20-9-5-4-8-19(20)18-7-3-2-6-17(16)18/h2-12,21H,13H2,1H3. The molecule has 0 aliphatic carbocycles. The Balaban J connectivity index is 2.05. The molecule has 0 spiro atoms. The zero-order chi connectivity index (χ0) is 14.2. The molecular formula is C20H17N. The summed E-state index contributed by atoms with van der Waals surface area (Å²) >= 11 is 0. The monoisotopic (exact) mass is 271 g/mol. The van der Waals surface area contributed by atoms with Gasteiger partial charge in [-0.1, -0.05) is 66.2 Å². The molecule has 1 nitrogen and oxygen atoms in total. The summed E-state index contributed by atoms with van der Waals surface area (Å²) < 4.78 is 0. The second-order valence-electron chi connectivity index (χ2n) is 5.61. The molecule has 1 aliphatic rings. The van der Waals surface area contributed by atoms with Gasteiger partial charge in [-0.15, -0.1) is 0 Å². The smallest absolute Gasteiger partial charge is 0.0422 e. The third-order valence-electron chi connectivity index (χ3n) is 4.16. The Labute approximate surface area is 125 Å². The van der Waals surface area contributed by atoms with Gasteiger partial charge >= 0.3 is 0 Å². The van der Waals surface area contributed by atoms with Crippen molar-refractivity contribution >= 4 is 5.69 Å². The molecule has 0 bridgehead atoms. The van der Waals surface area contributed by atoms with Crippen LogP contribution in [0, 0.1) is 6.92 Å². The second kappa shape index (κ2) is 4.78. The van der Waals surface area contributed by atoms with Crippen molar-refractivity contribution in [2.75, 3.05) is 5.32 Å². The molecule has 102 valence electrons. The van der Waals surface area contributed by atoms with Crippen molar-refractivity contribution in [3.8, 4) is 22.3 Å². The minimum Gasteiger partial charge on any atom is -0.380 e. The van der Waals surface area contributed by atoms with Gasteiger partial charge in [0.05, 0.1) is 0 Å². The van der Waals surface area contributed by atoms with E-state index in [0.717, 1.165) is 6.54 Å². The van der Waals surface area contributed by atoms with E-state index in [4.69, 9.17) is 0 Å². The maximum Gasteiger partial charge on any atom is 0.0422 e. The average Bonchev–Trinajstić information content (AvgIpc) is 2.52. The van der Waals surface area contributed by atoms with Gasteiger partial charge in [-0.25, -0.2) is 0 Å². The lowest BCUT2D eigenvalue weighted by molar-refractivity contribution is 1.14. The van der Waals surface area contributed by atoms with E-state index >= 15 is 0 Å². The lowest BCUT2D eigenvalue weighted by Gasteiger charge is -2.22. The summed E-state index contributed by atoms with van der Waals surface area (Å²) in [4.78, 5) is 0. The zero-order valence-corrected chi connectivity index (χ0v) is 12.1. The minimum absolute atomic E-state index is 0.863. The number of hydrogen-bond acceptors (Lipinski definition) is 1. The van der Waals surface area contributed by atoms with Crippen LogP contribution in [0.5, 0.6) is 0 Å². The van der Waals surface area contributed by atoms with Crippen LogP contribution in [-0.4, -0.2) is 0 Å². The first kappa shape index (κ1) is 12.2. The molecule has 21 heavy (non-hydrogen) atoms. The van der Waals surface area contributed by atoms with Crippen LogP contribution in [0.2, 0.25) is 0 Å². The zero-order valence-electron chi connectivity index (χ0n) is 12.1. The van der Waals surface area contributed by atoms with Crippen molar-refractivity contribution in [1.29, 1.82) is 0 Å². The van der Waals surface area contributed by atoms with Gasteiger partial charge in [0, 0.05) is 17.8 Å². The first-order chi connectivity index (χ1) is 10.3. The number of aryl methyl sites for hydroxylation is 1. The predicted octanol–water partition coefficient (Wildman–Crippen LogP) is 5.25. The van der Waals surface area contributed by atoms with E-state index in [2.05, 4.69) is 79.0 Å². The molecule has 1 N–H and O–H groups in total. The summed E-state index contributed by atoms with van der Waals surface area (Å²) in [6, 6.07) is 24.0. The van der Waals surface area contributed by atoms with Crippen LogP contribution in [0.25, 0.3) is 22.3 Å².